The lowest BCUT2D eigenvalue weighted by Crippen LogP contribution is -2.50. The van der Waals surface area contributed by atoms with Crippen molar-refractivity contribution in [2.45, 2.75) is 30.9 Å². The molecule has 5 rings (SSSR count). The molecule has 4 aromatic rings. The van der Waals surface area contributed by atoms with Crippen LogP contribution in [0.3, 0.4) is 0 Å². The van der Waals surface area contributed by atoms with Crippen molar-refractivity contribution in [3.63, 3.8) is 0 Å². The summed E-state index contributed by atoms with van der Waals surface area (Å²) in [5.74, 6) is 0.871. The van der Waals surface area contributed by atoms with Crippen molar-refractivity contribution in [1.29, 1.82) is 0 Å². The van der Waals surface area contributed by atoms with Gasteiger partial charge in [0.05, 0.1) is 6.61 Å². The quantitative estimate of drug-likeness (QED) is 0.167. The van der Waals surface area contributed by atoms with Gasteiger partial charge in [-0.05, 0) is 71.6 Å². The number of benzene rings is 4. The fourth-order valence-corrected chi connectivity index (χ4v) is 5.47. The van der Waals surface area contributed by atoms with E-state index in [2.05, 4.69) is 21.2 Å². The summed E-state index contributed by atoms with van der Waals surface area (Å²) in [7, 11) is 0. The van der Waals surface area contributed by atoms with Gasteiger partial charge >= 0.3 is 0 Å². The Balaban J connectivity index is 1.49. The van der Waals surface area contributed by atoms with Gasteiger partial charge in [-0.15, -0.1) is 0 Å². The van der Waals surface area contributed by atoms with Gasteiger partial charge in [-0.1, -0.05) is 82.1 Å². The molecule has 216 valence electrons. The van der Waals surface area contributed by atoms with E-state index in [1.165, 1.54) is 0 Å². The molecule has 0 spiro atoms. The van der Waals surface area contributed by atoms with E-state index in [0.717, 1.165) is 26.7 Å². The van der Waals surface area contributed by atoms with Crippen molar-refractivity contribution in [3.8, 4) is 5.75 Å². The Hall–Kier alpha value is -3.65. The van der Waals surface area contributed by atoms with Crippen LogP contribution in [0.25, 0.3) is 0 Å². The van der Waals surface area contributed by atoms with Crippen molar-refractivity contribution in [1.82, 2.24) is 5.32 Å². The molecule has 0 aromatic heterocycles. The fourth-order valence-electron chi connectivity index (χ4n) is 4.99. The van der Waals surface area contributed by atoms with Crippen molar-refractivity contribution in [3.05, 3.63) is 135 Å². The van der Waals surface area contributed by atoms with Crippen LogP contribution in [-0.2, 0) is 22.4 Å². The molecule has 2 N–H and O–H groups in total. The van der Waals surface area contributed by atoms with Gasteiger partial charge < -0.3 is 19.9 Å². The van der Waals surface area contributed by atoms with E-state index in [-0.39, 0.29) is 12.5 Å². The maximum atomic E-state index is 14.3. The number of aliphatic hydroxyl groups excluding tert-OH is 1. The van der Waals surface area contributed by atoms with Crippen LogP contribution in [0.5, 0.6) is 5.75 Å². The molecule has 1 amide bonds. The molecule has 0 aliphatic carbocycles. The van der Waals surface area contributed by atoms with Crippen molar-refractivity contribution < 1.29 is 19.4 Å². The third kappa shape index (κ3) is 7.21. The Morgan fingerprint density at radius 1 is 0.976 bits per heavy atom. The SMILES string of the molecule is O=C(NCCc1cccc(Cl)c1)[C@]1(Cc2ccccc2)N=C(c2ccc(OCCCO)cc2)O[C@@H]1c1ccc(Br)cc1. The second-order valence-electron chi connectivity index (χ2n) is 10.1. The van der Waals surface area contributed by atoms with E-state index in [1.54, 1.807) is 0 Å². The van der Waals surface area contributed by atoms with Crippen LogP contribution in [0.1, 0.15) is 34.8 Å². The minimum Gasteiger partial charge on any atom is -0.494 e. The molecule has 42 heavy (non-hydrogen) atoms. The first-order chi connectivity index (χ1) is 20.5. The maximum Gasteiger partial charge on any atom is 0.252 e. The molecule has 0 unspecified atom stereocenters. The number of hydrogen-bond donors (Lipinski definition) is 2. The second kappa shape index (κ2) is 14.0. The van der Waals surface area contributed by atoms with Crippen LogP contribution in [0, 0.1) is 0 Å². The number of amides is 1. The van der Waals surface area contributed by atoms with E-state index in [1.807, 2.05) is 103 Å². The first-order valence-corrected chi connectivity index (χ1v) is 15.1. The molecule has 0 saturated carbocycles. The molecule has 0 radical (unpaired) electrons. The van der Waals surface area contributed by atoms with Gasteiger partial charge in [-0.2, -0.15) is 0 Å². The molecule has 0 fully saturated rings. The van der Waals surface area contributed by atoms with Gasteiger partial charge in [-0.3, -0.25) is 4.79 Å². The number of rotatable bonds is 12. The van der Waals surface area contributed by atoms with Crippen LogP contribution in [0.2, 0.25) is 5.02 Å². The summed E-state index contributed by atoms with van der Waals surface area (Å²) in [6, 6.07) is 32.8. The summed E-state index contributed by atoms with van der Waals surface area (Å²) in [5.41, 5.74) is 2.35. The first-order valence-electron chi connectivity index (χ1n) is 13.9. The number of carbonyl (C=O) groups excluding carboxylic acids is 1. The highest BCUT2D eigenvalue weighted by atomic mass is 79.9. The second-order valence-corrected chi connectivity index (χ2v) is 11.5. The standard InChI is InChI=1S/C34H32BrClN2O4/c35-28-14-10-26(11-15-28)31-34(23-25-6-2-1-3-7-25,33(40)37-19-18-24-8-4-9-29(36)22-24)38-32(42-31)27-12-16-30(17-13-27)41-21-5-20-39/h1-4,6-17,22,31,39H,5,18-21,23H2,(H,37,40)/t31-,34-/m1/s1. The van der Waals surface area contributed by atoms with Gasteiger partial charge in [-0.25, -0.2) is 4.99 Å². The molecule has 2 atom stereocenters. The minimum absolute atomic E-state index is 0.0742. The van der Waals surface area contributed by atoms with E-state index in [9.17, 15) is 4.79 Å². The smallest absolute Gasteiger partial charge is 0.252 e. The monoisotopic (exact) mass is 646 g/mol. The molecule has 0 saturated heterocycles. The Labute approximate surface area is 259 Å². The zero-order chi connectivity index (χ0) is 29.4. The van der Waals surface area contributed by atoms with Crippen LogP contribution in [0.15, 0.2) is 113 Å². The zero-order valence-electron chi connectivity index (χ0n) is 23.0. The lowest BCUT2D eigenvalue weighted by atomic mass is 9.82. The average Bonchev–Trinajstić information content (AvgIpc) is 3.39. The molecular weight excluding hydrogens is 616 g/mol. The summed E-state index contributed by atoms with van der Waals surface area (Å²) in [6.07, 6.45) is 0.878. The number of aliphatic hydroxyl groups is 1. The molecule has 0 bridgehead atoms. The summed E-state index contributed by atoms with van der Waals surface area (Å²) >= 11 is 9.69. The fraction of sp³-hybridized carbons (Fsp3) is 0.235. The molecule has 8 heteroatoms. The topological polar surface area (TPSA) is 80.2 Å². The Morgan fingerprint density at radius 3 is 2.43 bits per heavy atom. The summed E-state index contributed by atoms with van der Waals surface area (Å²) < 4.78 is 13.2. The number of nitrogens with one attached hydrogen (secondary N) is 1. The van der Waals surface area contributed by atoms with Crippen LogP contribution < -0.4 is 10.1 Å². The van der Waals surface area contributed by atoms with E-state index in [0.29, 0.717) is 49.1 Å². The van der Waals surface area contributed by atoms with Gasteiger partial charge in [0.2, 0.25) is 5.90 Å². The lowest BCUT2D eigenvalue weighted by molar-refractivity contribution is -0.128. The number of carbonyl (C=O) groups is 1. The molecule has 6 nitrogen and oxygen atoms in total. The number of ether oxygens (including phenoxy) is 2. The summed E-state index contributed by atoms with van der Waals surface area (Å²) in [4.78, 5) is 19.4. The Morgan fingerprint density at radius 2 is 1.71 bits per heavy atom. The van der Waals surface area contributed by atoms with Crippen molar-refractivity contribution in [2.75, 3.05) is 19.8 Å². The predicted molar refractivity (Wildman–Crippen MR) is 169 cm³/mol. The summed E-state index contributed by atoms with van der Waals surface area (Å²) in [6.45, 7) is 0.923. The van der Waals surface area contributed by atoms with Crippen LogP contribution in [0.4, 0.5) is 0 Å². The normalized spacial score (nSPS) is 17.8. The minimum atomic E-state index is -1.25. The third-order valence-corrected chi connectivity index (χ3v) is 7.87. The average molecular weight is 648 g/mol. The van der Waals surface area contributed by atoms with E-state index < -0.39 is 11.6 Å². The Bertz CT molecular complexity index is 1510. The van der Waals surface area contributed by atoms with Crippen LogP contribution in [-0.4, -0.2) is 42.2 Å². The third-order valence-electron chi connectivity index (χ3n) is 7.11. The highest BCUT2D eigenvalue weighted by molar-refractivity contribution is 9.10. The molecule has 1 aliphatic heterocycles. The number of hydrogen-bond acceptors (Lipinski definition) is 5. The largest absolute Gasteiger partial charge is 0.494 e. The van der Waals surface area contributed by atoms with Crippen molar-refractivity contribution >= 4 is 39.3 Å². The van der Waals surface area contributed by atoms with Gasteiger partial charge in [0.1, 0.15) is 5.75 Å². The highest BCUT2D eigenvalue weighted by Gasteiger charge is 2.53. The highest BCUT2D eigenvalue weighted by Crippen LogP contribution is 2.42. The lowest BCUT2D eigenvalue weighted by Gasteiger charge is -2.31. The van der Waals surface area contributed by atoms with E-state index in [4.69, 9.17) is 31.2 Å². The van der Waals surface area contributed by atoms with Crippen LogP contribution >= 0.6 is 27.5 Å². The Kier molecular flexibility index (Phi) is 9.95. The van der Waals surface area contributed by atoms with Gasteiger partial charge in [0.15, 0.2) is 11.6 Å². The molecule has 1 heterocycles. The van der Waals surface area contributed by atoms with E-state index >= 15 is 0 Å². The zero-order valence-corrected chi connectivity index (χ0v) is 25.4. The molecule has 1 aliphatic rings. The predicted octanol–water partition coefficient (Wildman–Crippen LogP) is 6.72. The maximum absolute atomic E-state index is 14.3. The molecular formula is C34H32BrClN2O4. The number of halogens is 2. The van der Waals surface area contributed by atoms with Gasteiger partial charge in [0.25, 0.3) is 5.91 Å². The number of aliphatic imine (C=N–C) groups is 1. The first kappa shape index (κ1) is 29.8. The van der Waals surface area contributed by atoms with Crippen molar-refractivity contribution in [2.24, 2.45) is 4.99 Å². The van der Waals surface area contributed by atoms with Gasteiger partial charge in [0, 0.05) is 41.1 Å². The molecule has 4 aromatic carbocycles. The summed E-state index contributed by atoms with van der Waals surface area (Å²) in [5, 5.41) is 12.9. The number of nitrogens with zero attached hydrogens (tertiary/aromatic N) is 1.